The number of ether oxygens (including phenoxy) is 2. The quantitative estimate of drug-likeness (QED) is 0.777. The molecule has 0 saturated heterocycles. The minimum absolute atomic E-state index is 0.655. The lowest BCUT2D eigenvalue weighted by atomic mass is 10.2. The topological polar surface area (TPSA) is 74.1 Å². The number of benzene rings is 1. The summed E-state index contributed by atoms with van der Waals surface area (Å²) in [4.78, 5) is 8.56. The Morgan fingerprint density at radius 3 is 2.21 bits per heavy atom. The summed E-state index contributed by atoms with van der Waals surface area (Å²) in [6.45, 7) is 3.94. The zero-order chi connectivity index (χ0) is 17.1. The van der Waals surface area contributed by atoms with E-state index in [0.29, 0.717) is 23.1 Å². The molecule has 0 bridgehead atoms. The third-order valence-electron chi connectivity index (χ3n) is 3.50. The van der Waals surface area contributed by atoms with E-state index in [2.05, 4.69) is 20.4 Å². The van der Waals surface area contributed by atoms with Crippen LogP contribution in [0.4, 0.5) is 11.5 Å². The molecular weight excluding hydrogens is 306 g/mol. The smallest absolute Gasteiger partial charge is 0.159 e. The molecule has 0 aliphatic heterocycles. The second-order valence-corrected chi connectivity index (χ2v) is 5.33. The minimum Gasteiger partial charge on any atom is -0.497 e. The van der Waals surface area contributed by atoms with Gasteiger partial charge in [-0.2, -0.15) is 5.10 Å². The minimum atomic E-state index is 0.655. The van der Waals surface area contributed by atoms with Gasteiger partial charge in [0.1, 0.15) is 23.6 Å². The summed E-state index contributed by atoms with van der Waals surface area (Å²) in [6.07, 6.45) is 1.51. The maximum Gasteiger partial charge on any atom is 0.159 e. The van der Waals surface area contributed by atoms with Crippen molar-refractivity contribution in [2.45, 2.75) is 13.8 Å². The van der Waals surface area contributed by atoms with Gasteiger partial charge in [-0.25, -0.2) is 14.6 Å². The number of aryl methyl sites for hydroxylation is 2. The van der Waals surface area contributed by atoms with Crippen LogP contribution >= 0.6 is 0 Å². The van der Waals surface area contributed by atoms with Crippen LogP contribution in [-0.4, -0.2) is 34.0 Å². The number of nitrogens with zero attached hydrogens (tertiary/aromatic N) is 4. The Morgan fingerprint density at radius 2 is 1.62 bits per heavy atom. The van der Waals surface area contributed by atoms with Crippen molar-refractivity contribution in [3.8, 4) is 17.3 Å². The summed E-state index contributed by atoms with van der Waals surface area (Å²) >= 11 is 0. The van der Waals surface area contributed by atoms with Crippen molar-refractivity contribution in [1.29, 1.82) is 0 Å². The first-order valence-corrected chi connectivity index (χ1v) is 7.45. The molecule has 0 radical (unpaired) electrons. The predicted molar refractivity (Wildman–Crippen MR) is 91.5 cm³/mol. The van der Waals surface area contributed by atoms with Crippen LogP contribution in [0.5, 0.6) is 11.5 Å². The lowest BCUT2D eigenvalue weighted by Crippen LogP contribution is -2.04. The fourth-order valence-corrected chi connectivity index (χ4v) is 2.42. The number of nitrogens with one attached hydrogen (secondary N) is 1. The molecule has 0 saturated carbocycles. The summed E-state index contributed by atoms with van der Waals surface area (Å²) in [5.74, 6) is 2.75. The van der Waals surface area contributed by atoms with E-state index in [1.165, 1.54) is 6.33 Å². The van der Waals surface area contributed by atoms with E-state index in [-0.39, 0.29) is 0 Å². The van der Waals surface area contributed by atoms with Gasteiger partial charge in [-0.1, -0.05) is 0 Å². The summed E-state index contributed by atoms with van der Waals surface area (Å²) in [5, 5.41) is 7.68. The second-order valence-electron chi connectivity index (χ2n) is 5.33. The molecule has 24 heavy (non-hydrogen) atoms. The Kier molecular flexibility index (Phi) is 4.33. The Balaban J connectivity index is 1.91. The number of anilines is 2. The van der Waals surface area contributed by atoms with Crippen LogP contribution in [0.25, 0.3) is 5.82 Å². The van der Waals surface area contributed by atoms with Crippen LogP contribution in [0, 0.1) is 13.8 Å². The molecule has 2 heterocycles. The predicted octanol–water partition coefficient (Wildman–Crippen LogP) is 3.04. The number of rotatable bonds is 5. The van der Waals surface area contributed by atoms with E-state index in [1.807, 2.05) is 44.2 Å². The third kappa shape index (κ3) is 3.29. The molecule has 1 aromatic carbocycles. The van der Waals surface area contributed by atoms with Crippen LogP contribution in [0.1, 0.15) is 11.4 Å². The fraction of sp³-hybridized carbons (Fsp3) is 0.235. The molecule has 7 heteroatoms. The first kappa shape index (κ1) is 15.8. The number of hydrogen-bond acceptors (Lipinski definition) is 6. The van der Waals surface area contributed by atoms with E-state index in [0.717, 1.165) is 17.1 Å². The van der Waals surface area contributed by atoms with Gasteiger partial charge in [0.25, 0.3) is 0 Å². The number of aromatic nitrogens is 4. The first-order chi connectivity index (χ1) is 11.6. The monoisotopic (exact) mass is 325 g/mol. The molecule has 0 spiro atoms. The molecule has 124 valence electrons. The molecule has 3 rings (SSSR count). The van der Waals surface area contributed by atoms with Crippen LogP contribution in [-0.2, 0) is 0 Å². The van der Waals surface area contributed by atoms with Crippen molar-refractivity contribution in [3.63, 3.8) is 0 Å². The molecule has 3 aromatic rings. The van der Waals surface area contributed by atoms with Gasteiger partial charge in [-0.05, 0) is 19.9 Å². The maximum atomic E-state index is 5.28. The van der Waals surface area contributed by atoms with Gasteiger partial charge in [0.2, 0.25) is 0 Å². The Labute approximate surface area is 140 Å². The van der Waals surface area contributed by atoms with Crippen LogP contribution in [0.15, 0.2) is 36.7 Å². The summed E-state index contributed by atoms with van der Waals surface area (Å²) in [6, 6.07) is 9.39. The molecule has 0 aliphatic rings. The SMILES string of the molecule is COc1cc(Nc2cc(-n3nc(C)cc3C)ncn2)cc(OC)c1. The Morgan fingerprint density at radius 1 is 0.917 bits per heavy atom. The molecule has 1 N–H and O–H groups in total. The molecule has 2 aromatic heterocycles. The van der Waals surface area contributed by atoms with Crippen molar-refractivity contribution < 1.29 is 9.47 Å². The van der Waals surface area contributed by atoms with Gasteiger partial charge >= 0.3 is 0 Å². The van der Waals surface area contributed by atoms with E-state index < -0.39 is 0 Å². The standard InChI is InChI=1S/C17H19N5O2/c1-11-5-12(2)22(21-11)17-9-16(18-10-19-17)20-13-6-14(23-3)8-15(7-13)24-4/h5-10H,1-4H3,(H,18,19,20). The Bertz CT molecular complexity index is 838. The van der Waals surface area contributed by atoms with Crippen molar-refractivity contribution in [1.82, 2.24) is 19.7 Å². The number of methoxy groups -OCH3 is 2. The van der Waals surface area contributed by atoms with Gasteiger partial charge in [-0.15, -0.1) is 0 Å². The van der Waals surface area contributed by atoms with Crippen molar-refractivity contribution in [2.24, 2.45) is 0 Å². The van der Waals surface area contributed by atoms with E-state index in [9.17, 15) is 0 Å². The largest absolute Gasteiger partial charge is 0.497 e. The molecule has 7 nitrogen and oxygen atoms in total. The molecule has 0 aliphatic carbocycles. The van der Waals surface area contributed by atoms with Gasteiger partial charge in [0, 0.05) is 35.6 Å². The van der Waals surface area contributed by atoms with Crippen molar-refractivity contribution >= 4 is 11.5 Å². The third-order valence-corrected chi connectivity index (χ3v) is 3.50. The lowest BCUT2D eigenvalue weighted by Gasteiger charge is -2.11. The summed E-state index contributed by atoms with van der Waals surface area (Å²) < 4.78 is 12.3. The highest BCUT2D eigenvalue weighted by atomic mass is 16.5. The van der Waals surface area contributed by atoms with Gasteiger partial charge < -0.3 is 14.8 Å². The molecule has 0 atom stereocenters. The van der Waals surface area contributed by atoms with E-state index in [1.54, 1.807) is 18.9 Å². The van der Waals surface area contributed by atoms with Crippen molar-refractivity contribution in [2.75, 3.05) is 19.5 Å². The van der Waals surface area contributed by atoms with E-state index >= 15 is 0 Å². The fourth-order valence-electron chi connectivity index (χ4n) is 2.42. The average Bonchev–Trinajstić information content (AvgIpc) is 2.93. The summed E-state index contributed by atoms with van der Waals surface area (Å²) in [7, 11) is 3.23. The average molecular weight is 325 g/mol. The highest BCUT2D eigenvalue weighted by Crippen LogP contribution is 2.27. The molecular formula is C17H19N5O2. The second kappa shape index (κ2) is 6.57. The van der Waals surface area contributed by atoms with Gasteiger partial charge in [-0.3, -0.25) is 0 Å². The lowest BCUT2D eigenvalue weighted by molar-refractivity contribution is 0.395. The van der Waals surface area contributed by atoms with Crippen molar-refractivity contribution in [3.05, 3.63) is 48.0 Å². The number of hydrogen-bond donors (Lipinski definition) is 1. The summed E-state index contributed by atoms with van der Waals surface area (Å²) in [5.41, 5.74) is 2.77. The molecule has 0 unspecified atom stereocenters. The van der Waals surface area contributed by atoms with E-state index in [4.69, 9.17) is 9.47 Å². The highest BCUT2D eigenvalue weighted by molar-refractivity contribution is 5.61. The Hall–Kier alpha value is -3.09. The van der Waals surface area contributed by atoms with Crippen LogP contribution in [0.2, 0.25) is 0 Å². The van der Waals surface area contributed by atoms with Gasteiger partial charge in [0.05, 0.1) is 19.9 Å². The van der Waals surface area contributed by atoms with Crippen LogP contribution in [0.3, 0.4) is 0 Å². The van der Waals surface area contributed by atoms with Gasteiger partial charge in [0.15, 0.2) is 5.82 Å². The maximum absolute atomic E-state index is 5.28. The zero-order valence-electron chi connectivity index (χ0n) is 14.1. The first-order valence-electron chi connectivity index (χ1n) is 7.45. The molecule has 0 fully saturated rings. The highest BCUT2D eigenvalue weighted by Gasteiger charge is 2.08. The van der Waals surface area contributed by atoms with Crippen LogP contribution < -0.4 is 14.8 Å². The zero-order valence-corrected chi connectivity index (χ0v) is 14.1. The normalized spacial score (nSPS) is 10.5. The molecule has 0 amide bonds.